The van der Waals surface area contributed by atoms with E-state index >= 15 is 0 Å². The second-order valence-electron chi connectivity index (χ2n) is 5.83. The van der Waals surface area contributed by atoms with E-state index < -0.39 is 0 Å². The molecule has 3 nitrogen and oxygen atoms in total. The van der Waals surface area contributed by atoms with Gasteiger partial charge in [0.1, 0.15) is 11.5 Å². The Balaban J connectivity index is 2.76. The molecule has 0 heterocycles. The molecule has 1 rings (SSSR count). The zero-order chi connectivity index (χ0) is 15.0. The van der Waals surface area contributed by atoms with Gasteiger partial charge in [-0.25, -0.2) is 0 Å². The highest BCUT2D eigenvalue weighted by molar-refractivity contribution is 5.41. The Morgan fingerprint density at radius 2 is 1.85 bits per heavy atom. The first-order valence-corrected chi connectivity index (χ1v) is 7.67. The molecular weight excluding hydrogens is 250 g/mol. The maximum absolute atomic E-state index is 5.93. The van der Waals surface area contributed by atoms with Crippen molar-refractivity contribution in [3.63, 3.8) is 0 Å². The Bertz CT molecular complexity index is 389. The topological polar surface area (TPSA) is 44.5 Å². The van der Waals surface area contributed by atoms with Gasteiger partial charge in [0.15, 0.2) is 0 Å². The van der Waals surface area contributed by atoms with E-state index in [-0.39, 0.29) is 6.04 Å². The van der Waals surface area contributed by atoms with E-state index in [4.69, 9.17) is 15.2 Å². The second-order valence-corrected chi connectivity index (χ2v) is 5.83. The first-order valence-electron chi connectivity index (χ1n) is 7.67. The number of rotatable bonds is 9. The van der Waals surface area contributed by atoms with Gasteiger partial charge in [0, 0.05) is 12.1 Å². The summed E-state index contributed by atoms with van der Waals surface area (Å²) in [5.41, 5.74) is 7.06. The number of nitrogens with two attached hydrogens (primary N) is 1. The third kappa shape index (κ3) is 6.29. The van der Waals surface area contributed by atoms with E-state index in [1.807, 2.05) is 19.1 Å². The molecule has 1 unspecified atom stereocenters. The van der Waals surface area contributed by atoms with E-state index in [2.05, 4.69) is 26.8 Å². The summed E-state index contributed by atoms with van der Waals surface area (Å²) in [6.07, 6.45) is 2.88. The third-order valence-corrected chi connectivity index (χ3v) is 3.01. The third-order valence-electron chi connectivity index (χ3n) is 3.01. The van der Waals surface area contributed by atoms with E-state index in [1.54, 1.807) is 0 Å². The zero-order valence-electron chi connectivity index (χ0n) is 13.3. The Labute approximate surface area is 123 Å². The van der Waals surface area contributed by atoms with Gasteiger partial charge in [-0.3, -0.25) is 0 Å². The van der Waals surface area contributed by atoms with Gasteiger partial charge in [0.25, 0.3) is 0 Å². The van der Waals surface area contributed by atoms with E-state index in [0.717, 1.165) is 49.5 Å². The monoisotopic (exact) mass is 279 g/mol. The molecule has 1 aromatic rings. The largest absolute Gasteiger partial charge is 0.493 e. The molecule has 1 atom stereocenters. The molecular formula is C17H29NO2. The Hall–Kier alpha value is -1.22. The fourth-order valence-corrected chi connectivity index (χ4v) is 1.90. The van der Waals surface area contributed by atoms with Crippen molar-refractivity contribution in [3.05, 3.63) is 23.8 Å². The van der Waals surface area contributed by atoms with Gasteiger partial charge in [-0.15, -0.1) is 0 Å². The van der Waals surface area contributed by atoms with Crippen molar-refractivity contribution in [1.82, 2.24) is 0 Å². The summed E-state index contributed by atoms with van der Waals surface area (Å²) in [6.45, 7) is 9.99. The van der Waals surface area contributed by atoms with Crippen molar-refractivity contribution in [2.24, 2.45) is 11.7 Å². The zero-order valence-corrected chi connectivity index (χ0v) is 13.3. The Morgan fingerprint density at radius 3 is 2.45 bits per heavy atom. The minimum atomic E-state index is 0.129. The lowest BCUT2D eigenvalue weighted by Crippen LogP contribution is -2.18. The minimum absolute atomic E-state index is 0.129. The maximum atomic E-state index is 5.93. The van der Waals surface area contributed by atoms with Crippen LogP contribution in [0.3, 0.4) is 0 Å². The van der Waals surface area contributed by atoms with Crippen LogP contribution >= 0.6 is 0 Å². The van der Waals surface area contributed by atoms with Crippen molar-refractivity contribution in [2.75, 3.05) is 13.2 Å². The van der Waals surface area contributed by atoms with Crippen LogP contribution < -0.4 is 15.2 Å². The molecule has 0 amide bonds. The molecule has 0 fully saturated rings. The van der Waals surface area contributed by atoms with Crippen LogP contribution in [0.5, 0.6) is 11.5 Å². The fourth-order valence-electron chi connectivity index (χ4n) is 1.90. The predicted molar refractivity (Wildman–Crippen MR) is 84.5 cm³/mol. The van der Waals surface area contributed by atoms with Gasteiger partial charge in [-0.1, -0.05) is 26.8 Å². The first kappa shape index (κ1) is 16.8. The maximum Gasteiger partial charge on any atom is 0.126 e. The van der Waals surface area contributed by atoms with Crippen molar-refractivity contribution in [1.29, 1.82) is 0 Å². The van der Waals surface area contributed by atoms with Gasteiger partial charge in [-0.05, 0) is 43.7 Å². The lowest BCUT2D eigenvalue weighted by Gasteiger charge is -2.15. The molecule has 2 N–H and O–H groups in total. The lowest BCUT2D eigenvalue weighted by atomic mass is 10.1. The molecule has 0 aliphatic heterocycles. The van der Waals surface area contributed by atoms with Crippen LogP contribution in [0.1, 0.15) is 46.1 Å². The summed E-state index contributed by atoms with van der Waals surface area (Å²) >= 11 is 0. The Kier molecular flexibility index (Phi) is 7.45. The first-order chi connectivity index (χ1) is 9.52. The van der Waals surface area contributed by atoms with Crippen molar-refractivity contribution < 1.29 is 9.47 Å². The van der Waals surface area contributed by atoms with E-state index in [1.165, 1.54) is 0 Å². The normalized spacial score (nSPS) is 12.5. The number of hydrogen-bond acceptors (Lipinski definition) is 3. The molecule has 114 valence electrons. The summed E-state index contributed by atoms with van der Waals surface area (Å²) in [6, 6.07) is 6.19. The molecule has 0 saturated heterocycles. The molecule has 3 heteroatoms. The van der Waals surface area contributed by atoms with Gasteiger partial charge in [-0.2, -0.15) is 0 Å². The van der Waals surface area contributed by atoms with Crippen LogP contribution in [0, 0.1) is 5.92 Å². The summed E-state index contributed by atoms with van der Waals surface area (Å²) in [7, 11) is 0. The van der Waals surface area contributed by atoms with Crippen LogP contribution in [0.15, 0.2) is 18.2 Å². The van der Waals surface area contributed by atoms with Crippen molar-refractivity contribution >= 4 is 0 Å². The molecule has 0 radical (unpaired) electrons. The summed E-state index contributed by atoms with van der Waals surface area (Å²) < 4.78 is 11.6. The highest BCUT2D eigenvalue weighted by atomic mass is 16.5. The quantitative estimate of drug-likeness (QED) is 0.748. The van der Waals surface area contributed by atoms with Gasteiger partial charge in [0.05, 0.1) is 13.2 Å². The van der Waals surface area contributed by atoms with Crippen LogP contribution in [0.4, 0.5) is 0 Å². The van der Waals surface area contributed by atoms with Gasteiger partial charge < -0.3 is 15.2 Å². The lowest BCUT2D eigenvalue weighted by molar-refractivity contribution is 0.280. The average Bonchev–Trinajstić information content (AvgIpc) is 2.37. The SMILES string of the molecule is CCCOc1ccc(CC(C)N)c(OCCC(C)C)c1. The predicted octanol–water partition coefficient (Wildman–Crippen LogP) is 3.79. The summed E-state index contributed by atoms with van der Waals surface area (Å²) in [5.74, 6) is 2.43. The van der Waals surface area contributed by atoms with Crippen LogP contribution in [0.25, 0.3) is 0 Å². The van der Waals surface area contributed by atoms with Crippen LogP contribution in [-0.2, 0) is 6.42 Å². The number of hydrogen-bond donors (Lipinski definition) is 1. The van der Waals surface area contributed by atoms with Crippen molar-refractivity contribution in [2.45, 2.75) is 53.0 Å². The van der Waals surface area contributed by atoms with Gasteiger partial charge >= 0.3 is 0 Å². The molecule has 0 aromatic heterocycles. The number of benzene rings is 1. The molecule has 1 aromatic carbocycles. The molecule has 0 aliphatic rings. The molecule has 0 aliphatic carbocycles. The molecule has 0 saturated carbocycles. The van der Waals surface area contributed by atoms with Crippen LogP contribution in [-0.4, -0.2) is 19.3 Å². The van der Waals surface area contributed by atoms with Crippen molar-refractivity contribution in [3.8, 4) is 11.5 Å². The fraction of sp³-hybridized carbons (Fsp3) is 0.647. The molecule has 0 spiro atoms. The summed E-state index contributed by atoms with van der Waals surface area (Å²) in [5, 5.41) is 0. The average molecular weight is 279 g/mol. The summed E-state index contributed by atoms with van der Waals surface area (Å²) in [4.78, 5) is 0. The Morgan fingerprint density at radius 1 is 1.10 bits per heavy atom. The highest BCUT2D eigenvalue weighted by Crippen LogP contribution is 2.26. The second kappa shape index (κ2) is 8.85. The minimum Gasteiger partial charge on any atom is -0.493 e. The van der Waals surface area contributed by atoms with Crippen LogP contribution in [0.2, 0.25) is 0 Å². The number of ether oxygens (including phenoxy) is 2. The highest BCUT2D eigenvalue weighted by Gasteiger charge is 2.09. The molecule has 0 bridgehead atoms. The standard InChI is InChI=1S/C17H29NO2/c1-5-9-19-16-7-6-15(11-14(4)18)17(12-16)20-10-8-13(2)3/h6-7,12-14H,5,8-11,18H2,1-4H3. The smallest absolute Gasteiger partial charge is 0.126 e. The van der Waals surface area contributed by atoms with E-state index in [0.29, 0.717) is 5.92 Å². The van der Waals surface area contributed by atoms with E-state index in [9.17, 15) is 0 Å². The molecule has 20 heavy (non-hydrogen) atoms. The van der Waals surface area contributed by atoms with Gasteiger partial charge in [0.2, 0.25) is 0 Å².